The summed E-state index contributed by atoms with van der Waals surface area (Å²) in [6, 6.07) is 0. The van der Waals surface area contributed by atoms with E-state index < -0.39 is 0 Å². The molecule has 0 radical (unpaired) electrons. The summed E-state index contributed by atoms with van der Waals surface area (Å²) in [6.45, 7) is 7.69. The third-order valence-electron chi connectivity index (χ3n) is 4.19. The normalized spacial score (nSPS) is 18.0. The lowest BCUT2D eigenvalue weighted by molar-refractivity contribution is -0.135. The second-order valence-electron chi connectivity index (χ2n) is 5.69. The minimum Gasteiger partial charge on any atom is -0.394 e. The Labute approximate surface area is 125 Å². The molecule has 118 valence electrons. The second kappa shape index (κ2) is 7.04. The topological polar surface area (TPSA) is 78.5 Å². The largest absolute Gasteiger partial charge is 0.394 e. The van der Waals surface area contributed by atoms with Crippen LogP contribution >= 0.6 is 0 Å². The lowest BCUT2D eigenvalue weighted by Crippen LogP contribution is -2.42. The lowest BCUT2D eigenvalue weighted by atomic mass is 9.96. The zero-order chi connectivity index (χ0) is 15.4. The second-order valence-corrected chi connectivity index (χ2v) is 5.69. The van der Waals surface area contributed by atoms with Gasteiger partial charge in [-0.1, -0.05) is 0 Å². The number of carbonyl (C=O) groups excluding carboxylic acids is 1. The van der Waals surface area contributed by atoms with Crippen LogP contribution in [0.2, 0.25) is 0 Å². The van der Waals surface area contributed by atoms with Crippen LogP contribution in [0.5, 0.6) is 0 Å². The standard InChI is InChI=1S/C15H25N3O3/c1-10(14-11(2)16-17-12(14)3)15(20)18-6-4-13(5-7-18)21-9-8-19/h10,13,19H,4-9H2,1-3H3,(H,16,17). The van der Waals surface area contributed by atoms with Crippen LogP contribution in [-0.2, 0) is 9.53 Å². The number of rotatable bonds is 5. The first kappa shape index (κ1) is 16.0. The number of hydrogen-bond donors (Lipinski definition) is 2. The molecule has 1 unspecified atom stereocenters. The van der Waals surface area contributed by atoms with Crippen molar-refractivity contribution in [2.45, 2.75) is 45.6 Å². The van der Waals surface area contributed by atoms with E-state index >= 15 is 0 Å². The third kappa shape index (κ3) is 3.63. The van der Waals surface area contributed by atoms with Gasteiger partial charge in [0.2, 0.25) is 5.91 Å². The molecule has 1 aliphatic heterocycles. The monoisotopic (exact) mass is 295 g/mol. The molecular weight excluding hydrogens is 270 g/mol. The first-order chi connectivity index (χ1) is 10.0. The molecule has 1 aliphatic rings. The summed E-state index contributed by atoms with van der Waals surface area (Å²) in [5.74, 6) is -0.0122. The number of aliphatic hydroxyl groups excluding tert-OH is 1. The van der Waals surface area contributed by atoms with Crippen molar-refractivity contribution in [2.24, 2.45) is 0 Å². The van der Waals surface area contributed by atoms with E-state index in [9.17, 15) is 4.79 Å². The van der Waals surface area contributed by atoms with E-state index in [0.717, 1.165) is 42.9 Å². The molecule has 0 spiro atoms. The van der Waals surface area contributed by atoms with E-state index in [-0.39, 0.29) is 24.5 Å². The number of aromatic amines is 1. The van der Waals surface area contributed by atoms with Crippen molar-refractivity contribution < 1.29 is 14.6 Å². The Bertz CT molecular complexity index is 459. The maximum absolute atomic E-state index is 12.6. The molecule has 0 saturated carbocycles. The van der Waals surface area contributed by atoms with Gasteiger partial charge >= 0.3 is 0 Å². The molecule has 1 aromatic heterocycles. The van der Waals surface area contributed by atoms with Crippen molar-refractivity contribution in [1.29, 1.82) is 0 Å². The Morgan fingerprint density at radius 3 is 2.67 bits per heavy atom. The number of aliphatic hydroxyl groups is 1. The van der Waals surface area contributed by atoms with Crippen LogP contribution in [0.3, 0.4) is 0 Å². The van der Waals surface area contributed by atoms with Gasteiger partial charge in [0.25, 0.3) is 0 Å². The number of carbonyl (C=O) groups is 1. The number of aromatic nitrogens is 2. The maximum Gasteiger partial charge on any atom is 0.229 e. The van der Waals surface area contributed by atoms with Crippen molar-refractivity contribution in [3.63, 3.8) is 0 Å². The van der Waals surface area contributed by atoms with Crippen molar-refractivity contribution in [3.05, 3.63) is 17.0 Å². The first-order valence-corrected chi connectivity index (χ1v) is 7.57. The van der Waals surface area contributed by atoms with Crippen molar-refractivity contribution in [3.8, 4) is 0 Å². The number of amides is 1. The number of piperidine rings is 1. The molecule has 6 heteroatoms. The summed E-state index contributed by atoms with van der Waals surface area (Å²) >= 11 is 0. The van der Waals surface area contributed by atoms with E-state index in [1.165, 1.54) is 0 Å². The average Bonchev–Trinajstić information content (AvgIpc) is 2.83. The summed E-state index contributed by atoms with van der Waals surface area (Å²) in [5.41, 5.74) is 2.88. The van der Waals surface area contributed by atoms with Gasteiger partial charge in [0.05, 0.1) is 30.9 Å². The highest BCUT2D eigenvalue weighted by Crippen LogP contribution is 2.25. The molecule has 2 N–H and O–H groups in total. The van der Waals surface area contributed by atoms with E-state index in [0.29, 0.717) is 6.61 Å². The quantitative estimate of drug-likeness (QED) is 0.853. The number of aryl methyl sites for hydroxylation is 2. The average molecular weight is 295 g/mol. The van der Waals surface area contributed by atoms with Gasteiger partial charge in [-0.05, 0) is 33.6 Å². The fourth-order valence-corrected chi connectivity index (χ4v) is 3.06. The Morgan fingerprint density at radius 1 is 1.48 bits per heavy atom. The van der Waals surface area contributed by atoms with Crippen LogP contribution in [0.4, 0.5) is 0 Å². The number of H-pyrrole nitrogens is 1. The molecule has 1 aromatic rings. The van der Waals surface area contributed by atoms with Gasteiger partial charge < -0.3 is 14.7 Å². The van der Waals surface area contributed by atoms with Gasteiger partial charge in [-0.3, -0.25) is 9.89 Å². The fourth-order valence-electron chi connectivity index (χ4n) is 3.06. The van der Waals surface area contributed by atoms with Gasteiger partial charge in [0.1, 0.15) is 0 Å². The molecule has 1 fully saturated rings. The van der Waals surface area contributed by atoms with Crippen molar-refractivity contribution in [1.82, 2.24) is 15.1 Å². The molecule has 6 nitrogen and oxygen atoms in total. The molecule has 1 atom stereocenters. The number of nitrogens with one attached hydrogen (secondary N) is 1. The van der Waals surface area contributed by atoms with Crippen LogP contribution < -0.4 is 0 Å². The predicted molar refractivity (Wildman–Crippen MR) is 79.1 cm³/mol. The molecule has 2 heterocycles. The summed E-state index contributed by atoms with van der Waals surface area (Å²) in [6.07, 6.45) is 1.83. The smallest absolute Gasteiger partial charge is 0.229 e. The Balaban J connectivity index is 1.93. The van der Waals surface area contributed by atoms with Crippen LogP contribution in [0.1, 0.15) is 42.6 Å². The number of hydrogen-bond acceptors (Lipinski definition) is 4. The molecule has 2 rings (SSSR count). The summed E-state index contributed by atoms with van der Waals surface area (Å²) in [5, 5.41) is 15.9. The van der Waals surface area contributed by atoms with Gasteiger partial charge in [0.15, 0.2) is 0 Å². The maximum atomic E-state index is 12.6. The molecule has 0 bridgehead atoms. The number of likely N-dealkylation sites (tertiary alicyclic amines) is 1. The zero-order valence-electron chi connectivity index (χ0n) is 13.1. The number of nitrogens with zero attached hydrogens (tertiary/aromatic N) is 2. The van der Waals surface area contributed by atoms with Crippen LogP contribution in [0, 0.1) is 13.8 Å². The minimum atomic E-state index is -0.168. The van der Waals surface area contributed by atoms with Gasteiger partial charge in [-0.2, -0.15) is 5.10 Å². The highest BCUT2D eigenvalue weighted by Gasteiger charge is 2.29. The minimum absolute atomic E-state index is 0.0508. The molecule has 21 heavy (non-hydrogen) atoms. The molecular formula is C15H25N3O3. The Kier molecular flexibility index (Phi) is 5.36. The van der Waals surface area contributed by atoms with Gasteiger partial charge in [0, 0.05) is 24.3 Å². The van der Waals surface area contributed by atoms with Gasteiger partial charge in [-0.15, -0.1) is 0 Å². The SMILES string of the molecule is Cc1n[nH]c(C)c1C(C)C(=O)N1CCC(OCCO)CC1. The fraction of sp³-hybridized carbons (Fsp3) is 0.733. The Hall–Kier alpha value is -1.40. The summed E-state index contributed by atoms with van der Waals surface area (Å²) < 4.78 is 5.53. The number of ether oxygens (including phenoxy) is 1. The summed E-state index contributed by atoms with van der Waals surface area (Å²) in [7, 11) is 0. The van der Waals surface area contributed by atoms with Crippen LogP contribution in [0.15, 0.2) is 0 Å². The first-order valence-electron chi connectivity index (χ1n) is 7.57. The van der Waals surface area contributed by atoms with Crippen LogP contribution in [-0.4, -0.2) is 58.5 Å². The molecule has 1 amide bonds. The molecule has 1 saturated heterocycles. The van der Waals surface area contributed by atoms with E-state index in [2.05, 4.69) is 10.2 Å². The van der Waals surface area contributed by atoms with Crippen LogP contribution in [0.25, 0.3) is 0 Å². The molecule has 0 aliphatic carbocycles. The Morgan fingerprint density at radius 2 is 2.14 bits per heavy atom. The van der Waals surface area contributed by atoms with E-state index in [1.807, 2.05) is 25.7 Å². The molecule has 0 aromatic carbocycles. The lowest BCUT2D eigenvalue weighted by Gasteiger charge is -2.33. The van der Waals surface area contributed by atoms with E-state index in [1.54, 1.807) is 0 Å². The summed E-state index contributed by atoms with van der Waals surface area (Å²) in [4.78, 5) is 14.5. The van der Waals surface area contributed by atoms with Gasteiger partial charge in [-0.25, -0.2) is 0 Å². The van der Waals surface area contributed by atoms with Crippen molar-refractivity contribution >= 4 is 5.91 Å². The van der Waals surface area contributed by atoms with Crippen molar-refractivity contribution in [2.75, 3.05) is 26.3 Å². The highest BCUT2D eigenvalue weighted by molar-refractivity contribution is 5.84. The predicted octanol–water partition coefficient (Wildman–Crippen LogP) is 1.13. The zero-order valence-corrected chi connectivity index (χ0v) is 13.1. The highest BCUT2D eigenvalue weighted by atomic mass is 16.5. The third-order valence-corrected chi connectivity index (χ3v) is 4.19. The van der Waals surface area contributed by atoms with E-state index in [4.69, 9.17) is 9.84 Å².